The number of ether oxygens (including phenoxy) is 1. The van der Waals surface area contributed by atoms with E-state index >= 15 is 0 Å². The summed E-state index contributed by atoms with van der Waals surface area (Å²) in [6.45, 7) is 6.91. The first-order valence-electron chi connectivity index (χ1n) is 6.66. The molecule has 0 saturated heterocycles. The molecule has 0 fully saturated rings. The Morgan fingerprint density at radius 3 is 2.80 bits per heavy atom. The summed E-state index contributed by atoms with van der Waals surface area (Å²) in [7, 11) is 0. The molecule has 106 valence electrons. The molecule has 20 heavy (non-hydrogen) atoms. The maximum atomic E-state index is 6.02. The van der Waals surface area contributed by atoms with Gasteiger partial charge in [0.1, 0.15) is 11.5 Å². The lowest BCUT2D eigenvalue weighted by atomic mass is 10.2. The maximum Gasteiger partial charge on any atom is 0.134 e. The van der Waals surface area contributed by atoms with Gasteiger partial charge in [-0.05, 0) is 36.8 Å². The SMILES string of the molecule is Cc1cc(Oc2ccncc2CNC(C)C)ccc1Cl. The van der Waals surface area contributed by atoms with E-state index in [4.69, 9.17) is 16.3 Å². The van der Waals surface area contributed by atoms with Crippen LogP contribution in [-0.2, 0) is 6.54 Å². The lowest BCUT2D eigenvalue weighted by molar-refractivity contribution is 0.468. The van der Waals surface area contributed by atoms with Gasteiger partial charge in [0.05, 0.1) is 0 Å². The Bertz CT molecular complexity index is 584. The molecule has 1 heterocycles. The number of pyridine rings is 1. The molecular weight excluding hydrogens is 272 g/mol. The van der Waals surface area contributed by atoms with Crippen molar-refractivity contribution in [3.8, 4) is 11.5 Å². The molecule has 1 aromatic carbocycles. The minimum atomic E-state index is 0.417. The molecule has 4 heteroatoms. The number of halogens is 1. The first kappa shape index (κ1) is 14.8. The molecule has 0 aliphatic heterocycles. The minimum absolute atomic E-state index is 0.417. The van der Waals surface area contributed by atoms with Gasteiger partial charge >= 0.3 is 0 Å². The summed E-state index contributed by atoms with van der Waals surface area (Å²) >= 11 is 6.02. The van der Waals surface area contributed by atoms with Crippen LogP contribution < -0.4 is 10.1 Å². The first-order chi connectivity index (χ1) is 9.56. The van der Waals surface area contributed by atoms with Gasteiger partial charge in [0.25, 0.3) is 0 Å². The van der Waals surface area contributed by atoms with E-state index in [1.165, 1.54) is 0 Å². The average Bonchev–Trinajstić information content (AvgIpc) is 2.42. The molecule has 1 aromatic heterocycles. The van der Waals surface area contributed by atoms with Gasteiger partial charge in [-0.1, -0.05) is 25.4 Å². The summed E-state index contributed by atoms with van der Waals surface area (Å²) in [5.74, 6) is 1.60. The van der Waals surface area contributed by atoms with Gasteiger partial charge in [0, 0.05) is 35.6 Å². The highest BCUT2D eigenvalue weighted by Gasteiger charge is 2.06. The number of aryl methyl sites for hydroxylation is 1. The molecule has 0 amide bonds. The highest BCUT2D eigenvalue weighted by molar-refractivity contribution is 6.31. The van der Waals surface area contributed by atoms with Gasteiger partial charge in [-0.2, -0.15) is 0 Å². The summed E-state index contributed by atoms with van der Waals surface area (Å²) in [5.41, 5.74) is 2.04. The van der Waals surface area contributed by atoms with E-state index in [-0.39, 0.29) is 0 Å². The topological polar surface area (TPSA) is 34.1 Å². The van der Waals surface area contributed by atoms with E-state index in [9.17, 15) is 0 Å². The standard InChI is InChI=1S/C16H19ClN2O/c1-11(2)19-10-13-9-18-7-6-16(13)20-14-4-5-15(17)12(3)8-14/h4-9,11,19H,10H2,1-3H3. The van der Waals surface area contributed by atoms with Crippen LogP contribution in [0.3, 0.4) is 0 Å². The molecule has 0 unspecified atom stereocenters. The van der Waals surface area contributed by atoms with Crippen molar-refractivity contribution in [3.05, 3.63) is 52.8 Å². The fourth-order valence-corrected chi connectivity index (χ4v) is 1.89. The van der Waals surface area contributed by atoms with Crippen molar-refractivity contribution in [1.29, 1.82) is 0 Å². The zero-order valence-corrected chi connectivity index (χ0v) is 12.7. The van der Waals surface area contributed by atoms with E-state index in [2.05, 4.69) is 24.1 Å². The second-order valence-corrected chi connectivity index (χ2v) is 5.44. The molecule has 2 rings (SSSR count). The van der Waals surface area contributed by atoms with E-state index in [1.807, 2.05) is 37.4 Å². The van der Waals surface area contributed by atoms with Crippen LogP contribution in [0.5, 0.6) is 11.5 Å². The fraction of sp³-hybridized carbons (Fsp3) is 0.312. The molecular formula is C16H19ClN2O. The molecule has 0 aliphatic rings. The summed E-state index contributed by atoms with van der Waals surface area (Å²) < 4.78 is 5.94. The van der Waals surface area contributed by atoms with Gasteiger partial charge in [-0.15, -0.1) is 0 Å². The zero-order valence-electron chi connectivity index (χ0n) is 12.0. The number of nitrogens with zero attached hydrogens (tertiary/aromatic N) is 1. The highest BCUT2D eigenvalue weighted by Crippen LogP contribution is 2.27. The van der Waals surface area contributed by atoms with Gasteiger partial charge < -0.3 is 10.1 Å². The van der Waals surface area contributed by atoms with Crippen molar-refractivity contribution in [2.24, 2.45) is 0 Å². The van der Waals surface area contributed by atoms with Crippen LogP contribution in [0, 0.1) is 6.92 Å². The molecule has 1 N–H and O–H groups in total. The Morgan fingerprint density at radius 2 is 2.10 bits per heavy atom. The lowest BCUT2D eigenvalue weighted by Gasteiger charge is -2.13. The largest absolute Gasteiger partial charge is 0.457 e. The molecule has 0 atom stereocenters. The second-order valence-electron chi connectivity index (χ2n) is 5.03. The normalized spacial score (nSPS) is 10.8. The molecule has 0 saturated carbocycles. The number of rotatable bonds is 5. The van der Waals surface area contributed by atoms with E-state index in [0.717, 1.165) is 34.2 Å². The molecule has 3 nitrogen and oxygen atoms in total. The van der Waals surface area contributed by atoms with Crippen LogP contribution in [0.1, 0.15) is 25.0 Å². The van der Waals surface area contributed by atoms with Crippen LogP contribution in [0.15, 0.2) is 36.7 Å². The Morgan fingerprint density at radius 1 is 1.30 bits per heavy atom. The monoisotopic (exact) mass is 290 g/mol. The van der Waals surface area contributed by atoms with Crippen molar-refractivity contribution < 1.29 is 4.74 Å². The number of hydrogen-bond acceptors (Lipinski definition) is 3. The van der Waals surface area contributed by atoms with Crippen molar-refractivity contribution in [2.45, 2.75) is 33.4 Å². The van der Waals surface area contributed by atoms with Crippen LogP contribution >= 0.6 is 11.6 Å². The third-order valence-corrected chi connectivity index (χ3v) is 3.34. The smallest absolute Gasteiger partial charge is 0.134 e. The highest BCUT2D eigenvalue weighted by atomic mass is 35.5. The van der Waals surface area contributed by atoms with Gasteiger partial charge in [0.15, 0.2) is 0 Å². The Hall–Kier alpha value is -1.58. The van der Waals surface area contributed by atoms with Crippen molar-refractivity contribution in [2.75, 3.05) is 0 Å². The fourth-order valence-electron chi connectivity index (χ4n) is 1.77. The van der Waals surface area contributed by atoms with Crippen molar-refractivity contribution in [3.63, 3.8) is 0 Å². The summed E-state index contributed by atoms with van der Waals surface area (Å²) in [5, 5.41) is 4.11. The van der Waals surface area contributed by atoms with Crippen molar-refractivity contribution >= 4 is 11.6 Å². The second kappa shape index (κ2) is 6.73. The van der Waals surface area contributed by atoms with Crippen LogP contribution in [0.2, 0.25) is 5.02 Å². The zero-order chi connectivity index (χ0) is 14.5. The van der Waals surface area contributed by atoms with Gasteiger partial charge in [-0.3, -0.25) is 4.98 Å². The minimum Gasteiger partial charge on any atom is -0.457 e. The molecule has 0 bridgehead atoms. The predicted molar refractivity (Wildman–Crippen MR) is 82.5 cm³/mol. The summed E-state index contributed by atoms with van der Waals surface area (Å²) in [4.78, 5) is 4.16. The van der Waals surface area contributed by atoms with Crippen LogP contribution in [-0.4, -0.2) is 11.0 Å². The Labute approximate surface area is 124 Å². The first-order valence-corrected chi connectivity index (χ1v) is 7.04. The third kappa shape index (κ3) is 3.95. The quantitative estimate of drug-likeness (QED) is 0.890. The van der Waals surface area contributed by atoms with E-state index in [0.29, 0.717) is 6.04 Å². The Balaban J connectivity index is 2.17. The molecule has 0 aliphatic carbocycles. The van der Waals surface area contributed by atoms with Crippen LogP contribution in [0.4, 0.5) is 0 Å². The molecule has 0 radical (unpaired) electrons. The average molecular weight is 291 g/mol. The van der Waals surface area contributed by atoms with Crippen LogP contribution in [0.25, 0.3) is 0 Å². The van der Waals surface area contributed by atoms with Gasteiger partial charge in [0.2, 0.25) is 0 Å². The maximum absolute atomic E-state index is 6.02. The van der Waals surface area contributed by atoms with E-state index in [1.54, 1.807) is 6.20 Å². The van der Waals surface area contributed by atoms with E-state index < -0.39 is 0 Å². The summed E-state index contributed by atoms with van der Waals surface area (Å²) in [6, 6.07) is 7.94. The molecule has 2 aromatic rings. The Kier molecular flexibility index (Phi) is 4.99. The van der Waals surface area contributed by atoms with Crippen molar-refractivity contribution in [1.82, 2.24) is 10.3 Å². The number of benzene rings is 1. The summed E-state index contributed by atoms with van der Waals surface area (Å²) in [6.07, 6.45) is 3.56. The molecule has 0 spiro atoms. The predicted octanol–water partition coefficient (Wildman–Crippen LogP) is 4.33. The number of hydrogen-bond donors (Lipinski definition) is 1. The third-order valence-electron chi connectivity index (χ3n) is 2.92. The number of aromatic nitrogens is 1. The number of nitrogens with one attached hydrogen (secondary N) is 1. The van der Waals surface area contributed by atoms with Gasteiger partial charge in [-0.25, -0.2) is 0 Å². The lowest BCUT2D eigenvalue weighted by Crippen LogP contribution is -2.22.